The van der Waals surface area contributed by atoms with Gasteiger partial charge in [0.2, 0.25) is 0 Å². The Labute approximate surface area is 205 Å². The van der Waals surface area contributed by atoms with Crippen molar-refractivity contribution in [3.05, 3.63) is 95.3 Å². The highest BCUT2D eigenvalue weighted by molar-refractivity contribution is 7.92. The van der Waals surface area contributed by atoms with Gasteiger partial charge in [0, 0.05) is 16.8 Å². The summed E-state index contributed by atoms with van der Waals surface area (Å²) in [4.78, 5) is 14.4. The fourth-order valence-corrected chi connectivity index (χ4v) is 5.18. The zero-order chi connectivity index (χ0) is 24.8. The zero-order valence-corrected chi connectivity index (χ0v) is 20.3. The lowest BCUT2D eigenvalue weighted by Gasteiger charge is -2.32. The third-order valence-corrected chi connectivity index (χ3v) is 7.47. The lowest BCUT2D eigenvalue weighted by atomic mass is 10.0. The number of amides is 1. The van der Waals surface area contributed by atoms with E-state index in [1.54, 1.807) is 42.5 Å². The van der Waals surface area contributed by atoms with Gasteiger partial charge in [0.1, 0.15) is 24.9 Å². The van der Waals surface area contributed by atoms with Crippen molar-refractivity contribution in [2.24, 2.45) is 0 Å². The first-order valence-corrected chi connectivity index (χ1v) is 13.0. The Morgan fingerprint density at radius 1 is 1.03 bits per heavy atom. The molecule has 1 aliphatic rings. The van der Waals surface area contributed by atoms with Crippen molar-refractivity contribution in [2.45, 2.75) is 17.9 Å². The fraction of sp³-hybridized carbons (Fsp3) is 0.269. The maximum absolute atomic E-state index is 13.5. The number of morpholine rings is 1. The molecule has 1 saturated heterocycles. The summed E-state index contributed by atoms with van der Waals surface area (Å²) in [6, 6.07) is 19.2. The van der Waals surface area contributed by atoms with Crippen molar-refractivity contribution in [1.82, 2.24) is 5.32 Å². The zero-order valence-electron chi connectivity index (χ0n) is 19.5. The van der Waals surface area contributed by atoms with E-state index in [0.717, 1.165) is 24.2 Å². The average molecular weight is 499 g/mol. The molecule has 7 nitrogen and oxygen atoms in total. The van der Waals surface area contributed by atoms with Gasteiger partial charge in [0.05, 0.1) is 24.7 Å². The van der Waals surface area contributed by atoms with Crippen LogP contribution < -0.4 is 14.9 Å². The first kappa shape index (κ1) is 24.8. The van der Waals surface area contributed by atoms with Gasteiger partial charge in [-0.3, -0.25) is 9.52 Å². The van der Waals surface area contributed by atoms with Crippen LogP contribution in [0.25, 0.3) is 0 Å². The summed E-state index contributed by atoms with van der Waals surface area (Å²) < 4.78 is 46.9. The average Bonchev–Trinajstić information content (AvgIpc) is 2.86. The van der Waals surface area contributed by atoms with Crippen molar-refractivity contribution in [2.75, 3.05) is 37.6 Å². The van der Waals surface area contributed by atoms with E-state index >= 15 is 0 Å². The molecule has 0 aliphatic carbocycles. The monoisotopic (exact) mass is 498 g/mol. The van der Waals surface area contributed by atoms with Crippen molar-refractivity contribution in [1.29, 1.82) is 0 Å². The molecule has 3 aromatic rings. The number of hydrogen-bond donors (Lipinski definition) is 3. The Hall–Kier alpha value is -3.27. The number of halogens is 1. The van der Waals surface area contributed by atoms with Gasteiger partial charge in [-0.2, -0.15) is 0 Å². The molecule has 4 rings (SSSR count). The summed E-state index contributed by atoms with van der Waals surface area (Å²) in [7, 11) is -3.78. The van der Waals surface area contributed by atoms with Crippen LogP contribution in [-0.4, -0.2) is 47.2 Å². The Morgan fingerprint density at radius 2 is 1.71 bits per heavy atom. The quantitative estimate of drug-likeness (QED) is 0.445. The van der Waals surface area contributed by atoms with E-state index in [0.29, 0.717) is 31.0 Å². The Balaban J connectivity index is 1.46. The van der Waals surface area contributed by atoms with Gasteiger partial charge in [-0.05, 0) is 49.4 Å². The number of benzene rings is 3. The molecular formula is C26H29FN3O4S+. The van der Waals surface area contributed by atoms with E-state index < -0.39 is 10.0 Å². The summed E-state index contributed by atoms with van der Waals surface area (Å²) in [5, 5.41) is 2.97. The third-order valence-electron chi connectivity index (χ3n) is 6.08. The van der Waals surface area contributed by atoms with Crippen LogP contribution in [0.4, 0.5) is 10.1 Å². The third kappa shape index (κ3) is 6.45. The number of carbonyl (C=O) groups excluding carboxylic acids is 1. The Morgan fingerprint density at radius 3 is 2.40 bits per heavy atom. The molecule has 0 saturated carbocycles. The molecule has 0 radical (unpaired) electrons. The number of rotatable bonds is 8. The predicted octanol–water partition coefficient (Wildman–Crippen LogP) is 2.32. The van der Waals surface area contributed by atoms with E-state index in [1.165, 1.54) is 35.2 Å². The van der Waals surface area contributed by atoms with E-state index in [-0.39, 0.29) is 22.7 Å². The SMILES string of the molecule is Cc1ccc(S(=O)(=O)Nc2cccc(C(=O)NC[C@H](c3ccc(F)cc3)[NH+]3CCOCC3)c2)cc1. The second-order valence-electron chi connectivity index (χ2n) is 8.58. The molecule has 9 heteroatoms. The van der Waals surface area contributed by atoms with Gasteiger partial charge in [-0.15, -0.1) is 0 Å². The van der Waals surface area contributed by atoms with Crippen LogP contribution in [0, 0.1) is 12.7 Å². The maximum Gasteiger partial charge on any atom is 0.261 e. The predicted molar refractivity (Wildman–Crippen MR) is 131 cm³/mol. The summed E-state index contributed by atoms with van der Waals surface area (Å²) in [5.41, 5.74) is 2.53. The highest BCUT2D eigenvalue weighted by Gasteiger charge is 2.27. The maximum atomic E-state index is 13.5. The van der Waals surface area contributed by atoms with Gasteiger partial charge in [0.15, 0.2) is 0 Å². The summed E-state index contributed by atoms with van der Waals surface area (Å²) in [5.74, 6) is -0.625. The molecule has 1 atom stereocenters. The summed E-state index contributed by atoms with van der Waals surface area (Å²) in [6.45, 7) is 5.06. The molecule has 0 unspecified atom stereocenters. The molecule has 1 amide bonds. The van der Waals surface area contributed by atoms with Gasteiger partial charge in [-0.1, -0.05) is 35.9 Å². The topological polar surface area (TPSA) is 88.9 Å². The lowest BCUT2D eigenvalue weighted by molar-refractivity contribution is -0.937. The second kappa shape index (κ2) is 11.0. The van der Waals surface area contributed by atoms with Crippen LogP contribution in [-0.2, 0) is 14.8 Å². The molecule has 0 bridgehead atoms. The van der Waals surface area contributed by atoms with Crippen molar-refractivity contribution in [3.8, 4) is 0 Å². The number of sulfonamides is 1. The molecule has 0 spiro atoms. The lowest BCUT2D eigenvalue weighted by Crippen LogP contribution is -3.15. The number of quaternary nitrogens is 1. The van der Waals surface area contributed by atoms with Crippen molar-refractivity contribution >= 4 is 21.6 Å². The van der Waals surface area contributed by atoms with Gasteiger partial charge in [-0.25, -0.2) is 12.8 Å². The molecule has 1 fully saturated rings. The molecule has 0 aromatic heterocycles. The minimum Gasteiger partial charge on any atom is -0.370 e. The largest absolute Gasteiger partial charge is 0.370 e. The highest BCUT2D eigenvalue weighted by Crippen LogP contribution is 2.18. The number of nitrogens with one attached hydrogen (secondary N) is 3. The summed E-state index contributed by atoms with van der Waals surface area (Å²) in [6.07, 6.45) is 0. The van der Waals surface area contributed by atoms with Crippen LogP contribution in [0.5, 0.6) is 0 Å². The number of hydrogen-bond acceptors (Lipinski definition) is 4. The Bertz CT molecular complexity index is 1260. The van der Waals surface area contributed by atoms with Gasteiger partial charge in [0.25, 0.3) is 15.9 Å². The number of carbonyl (C=O) groups is 1. The number of anilines is 1. The number of aryl methyl sites for hydroxylation is 1. The van der Waals surface area contributed by atoms with Crippen LogP contribution in [0.3, 0.4) is 0 Å². The van der Waals surface area contributed by atoms with E-state index in [2.05, 4.69) is 10.0 Å². The molecule has 3 N–H and O–H groups in total. The molecule has 1 heterocycles. The molecular weight excluding hydrogens is 469 g/mol. The van der Waals surface area contributed by atoms with Gasteiger partial charge < -0.3 is 15.0 Å². The van der Waals surface area contributed by atoms with Crippen LogP contribution in [0.15, 0.2) is 77.7 Å². The second-order valence-corrected chi connectivity index (χ2v) is 10.3. The minimum atomic E-state index is -3.78. The first-order chi connectivity index (χ1) is 16.8. The van der Waals surface area contributed by atoms with E-state index in [9.17, 15) is 17.6 Å². The normalized spacial score (nSPS) is 15.4. The minimum absolute atomic E-state index is 0.0633. The van der Waals surface area contributed by atoms with Crippen LogP contribution in [0.1, 0.15) is 27.5 Å². The number of ether oxygens (including phenoxy) is 1. The van der Waals surface area contributed by atoms with Gasteiger partial charge >= 0.3 is 0 Å². The van der Waals surface area contributed by atoms with Crippen molar-refractivity contribution in [3.63, 3.8) is 0 Å². The first-order valence-electron chi connectivity index (χ1n) is 11.5. The van der Waals surface area contributed by atoms with Crippen LogP contribution in [0.2, 0.25) is 0 Å². The molecule has 35 heavy (non-hydrogen) atoms. The highest BCUT2D eigenvalue weighted by atomic mass is 32.2. The van der Waals surface area contributed by atoms with Crippen LogP contribution >= 0.6 is 0 Å². The van der Waals surface area contributed by atoms with E-state index in [1.807, 2.05) is 6.92 Å². The molecule has 1 aliphatic heterocycles. The molecule has 184 valence electrons. The standard InChI is InChI=1S/C26H28FN3O4S/c1-19-5-11-24(12-6-19)35(32,33)29-23-4-2-3-21(17-23)26(31)28-18-25(30-13-15-34-16-14-30)20-7-9-22(27)10-8-20/h2-12,17,25,29H,13-16,18H2,1H3,(H,28,31)/p+1/t25-/m1/s1. The van der Waals surface area contributed by atoms with E-state index in [4.69, 9.17) is 4.74 Å². The Kier molecular flexibility index (Phi) is 7.80. The molecule has 3 aromatic carbocycles. The summed E-state index contributed by atoms with van der Waals surface area (Å²) >= 11 is 0. The van der Waals surface area contributed by atoms with Crippen molar-refractivity contribution < 1.29 is 27.2 Å². The smallest absolute Gasteiger partial charge is 0.261 e. The fourth-order valence-electron chi connectivity index (χ4n) is 4.13.